The summed E-state index contributed by atoms with van der Waals surface area (Å²) in [6.07, 6.45) is 3.03. The number of nitrogens with zero attached hydrogens (tertiary/aromatic N) is 2. The van der Waals surface area contributed by atoms with Gasteiger partial charge >= 0.3 is 0 Å². The first-order chi connectivity index (χ1) is 4.88. The third kappa shape index (κ3) is 1.59. The van der Waals surface area contributed by atoms with Crippen molar-refractivity contribution in [3.8, 4) is 0 Å². The van der Waals surface area contributed by atoms with Crippen LogP contribution >= 0.6 is 11.6 Å². The zero-order valence-corrected chi connectivity index (χ0v) is 6.55. The van der Waals surface area contributed by atoms with E-state index in [9.17, 15) is 4.91 Å². The van der Waals surface area contributed by atoms with Crippen LogP contribution in [-0.4, -0.2) is 23.5 Å². The van der Waals surface area contributed by atoms with E-state index in [1.54, 1.807) is 5.01 Å². The highest BCUT2D eigenvalue weighted by atomic mass is 35.5. The summed E-state index contributed by atoms with van der Waals surface area (Å²) in [6, 6.07) is 0.315. The summed E-state index contributed by atoms with van der Waals surface area (Å²) in [5, 5.41) is 4.51. The number of rotatable bonds is 3. The summed E-state index contributed by atoms with van der Waals surface area (Å²) < 4.78 is 0. The summed E-state index contributed by atoms with van der Waals surface area (Å²) in [5.41, 5.74) is 0. The van der Waals surface area contributed by atoms with Crippen LogP contribution in [0.15, 0.2) is 5.29 Å². The predicted octanol–water partition coefficient (Wildman–Crippen LogP) is 1.76. The first kappa shape index (κ1) is 7.79. The summed E-state index contributed by atoms with van der Waals surface area (Å²) in [4.78, 5) is 10.1. The van der Waals surface area contributed by atoms with E-state index in [2.05, 4.69) is 5.29 Å². The van der Waals surface area contributed by atoms with Crippen LogP contribution in [0, 0.1) is 4.91 Å². The first-order valence-corrected chi connectivity index (χ1v) is 4.08. The maximum atomic E-state index is 10.1. The monoisotopic (exact) mass is 162 g/mol. The van der Waals surface area contributed by atoms with Crippen molar-refractivity contribution in [3.05, 3.63) is 4.91 Å². The Morgan fingerprint density at radius 3 is 3.10 bits per heavy atom. The van der Waals surface area contributed by atoms with Gasteiger partial charge in [-0.3, -0.25) is 5.01 Å². The molecule has 0 bridgehead atoms. The summed E-state index contributed by atoms with van der Waals surface area (Å²) in [7, 11) is 0. The van der Waals surface area contributed by atoms with E-state index in [4.69, 9.17) is 11.6 Å². The molecule has 0 amide bonds. The minimum absolute atomic E-state index is 0.315. The highest BCUT2D eigenvalue weighted by Crippen LogP contribution is 2.19. The van der Waals surface area contributed by atoms with Crippen LogP contribution in [0.1, 0.15) is 19.3 Å². The third-order valence-corrected chi connectivity index (χ3v) is 2.11. The maximum absolute atomic E-state index is 10.1. The van der Waals surface area contributed by atoms with Crippen LogP contribution < -0.4 is 0 Å². The van der Waals surface area contributed by atoms with Gasteiger partial charge in [-0.25, -0.2) is 0 Å². The maximum Gasteiger partial charge on any atom is 0.0526 e. The van der Waals surface area contributed by atoms with Gasteiger partial charge in [0.2, 0.25) is 0 Å². The highest BCUT2D eigenvalue weighted by molar-refractivity contribution is 6.17. The molecule has 0 radical (unpaired) electrons. The van der Waals surface area contributed by atoms with Gasteiger partial charge in [0.05, 0.1) is 11.3 Å². The molecule has 0 spiro atoms. The molecule has 0 aromatic carbocycles. The van der Waals surface area contributed by atoms with Crippen molar-refractivity contribution in [3.63, 3.8) is 0 Å². The van der Waals surface area contributed by atoms with Crippen molar-refractivity contribution in [2.75, 3.05) is 12.4 Å². The number of hydrogen-bond acceptors (Lipinski definition) is 2. The molecule has 58 valence electrons. The number of hydrogen-bond donors (Lipinski definition) is 0. The number of nitroso groups, excluding NO2 is 1. The van der Waals surface area contributed by atoms with Gasteiger partial charge in [-0.2, -0.15) is 0 Å². The van der Waals surface area contributed by atoms with Gasteiger partial charge in [0.25, 0.3) is 0 Å². The SMILES string of the molecule is O=NN1CCCC1CCCl. The third-order valence-electron chi connectivity index (χ3n) is 1.89. The Kier molecular flexibility index (Phi) is 2.93. The second-order valence-electron chi connectivity index (χ2n) is 2.52. The minimum atomic E-state index is 0.315. The quantitative estimate of drug-likeness (QED) is 0.468. The molecule has 4 heteroatoms. The average molecular weight is 163 g/mol. The van der Waals surface area contributed by atoms with Gasteiger partial charge in [0.15, 0.2) is 0 Å². The second kappa shape index (κ2) is 3.76. The topological polar surface area (TPSA) is 32.7 Å². The Balaban J connectivity index is 2.34. The van der Waals surface area contributed by atoms with Crippen LogP contribution in [0.25, 0.3) is 0 Å². The van der Waals surface area contributed by atoms with Crippen LogP contribution in [0.5, 0.6) is 0 Å². The normalized spacial score (nSPS) is 25.3. The molecule has 0 saturated carbocycles. The summed E-state index contributed by atoms with van der Waals surface area (Å²) in [6.45, 7) is 0.811. The van der Waals surface area contributed by atoms with E-state index in [1.807, 2.05) is 0 Å². The van der Waals surface area contributed by atoms with Crippen LogP contribution in [0.3, 0.4) is 0 Å². The number of halogens is 1. The fourth-order valence-electron chi connectivity index (χ4n) is 1.35. The number of alkyl halides is 1. The molecule has 0 aromatic heterocycles. The Bertz CT molecular complexity index is 120. The molecule has 3 nitrogen and oxygen atoms in total. The lowest BCUT2D eigenvalue weighted by atomic mass is 10.2. The average Bonchev–Trinajstić information content (AvgIpc) is 2.36. The van der Waals surface area contributed by atoms with Crippen molar-refractivity contribution >= 4 is 11.6 Å². The molecule has 1 aliphatic rings. The zero-order chi connectivity index (χ0) is 7.40. The van der Waals surface area contributed by atoms with Gasteiger partial charge in [0.1, 0.15) is 0 Å². The zero-order valence-electron chi connectivity index (χ0n) is 5.79. The van der Waals surface area contributed by atoms with Gasteiger partial charge in [-0.1, -0.05) is 0 Å². The van der Waals surface area contributed by atoms with E-state index < -0.39 is 0 Å². The Morgan fingerprint density at radius 1 is 1.70 bits per heavy atom. The Morgan fingerprint density at radius 2 is 2.50 bits per heavy atom. The molecule has 10 heavy (non-hydrogen) atoms. The molecule has 1 rings (SSSR count). The van der Waals surface area contributed by atoms with Gasteiger partial charge < -0.3 is 0 Å². The van der Waals surface area contributed by atoms with Crippen LogP contribution in [0.2, 0.25) is 0 Å². The Hall–Kier alpha value is -0.310. The largest absolute Gasteiger partial charge is 0.258 e. The molecule has 1 atom stereocenters. The predicted molar refractivity (Wildman–Crippen MR) is 40.9 cm³/mol. The van der Waals surface area contributed by atoms with Gasteiger partial charge in [-0.15, -0.1) is 16.5 Å². The van der Waals surface area contributed by atoms with E-state index in [-0.39, 0.29) is 0 Å². The van der Waals surface area contributed by atoms with Gasteiger partial charge in [-0.05, 0) is 19.3 Å². The highest BCUT2D eigenvalue weighted by Gasteiger charge is 2.23. The van der Waals surface area contributed by atoms with E-state index in [0.717, 1.165) is 25.8 Å². The molecule has 1 saturated heterocycles. The molecule has 1 heterocycles. The minimum Gasteiger partial charge on any atom is -0.258 e. The molecule has 1 aliphatic heterocycles. The van der Waals surface area contributed by atoms with E-state index in [0.29, 0.717) is 11.9 Å². The molecule has 0 aliphatic carbocycles. The molecule has 1 fully saturated rings. The standard InChI is InChI=1S/C6H11ClN2O/c7-4-3-6-2-1-5-9(6)8-10/h6H,1-5H2. The molecule has 1 unspecified atom stereocenters. The lowest BCUT2D eigenvalue weighted by molar-refractivity contribution is 0.258. The van der Waals surface area contributed by atoms with Crippen LogP contribution in [-0.2, 0) is 0 Å². The second-order valence-corrected chi connectivity index (χ2v) is 2.90. The van der Waals surface area contributed by atoms with Gasteiger partial charge in [0, 0.05) is 12.4 Å². The van der Waals surface area contributed by atoms with Crippen molar-refractivity contribution in [2.45, 2.75) is 25.3 Å². The fraction of sp³-hybridized carbons (Fsp3) is 1.00. The molecule has 0 aromatic rings. The van der Waals surface area contributed by atoms with Crippen molar-refractivity contribution in [1.29, 1.82) is 0 Å². The van der Waals surface area contributed by atoms with E-state index >= 15 is 0 Å². The van der Waals surface area contributed by atoms with Crippen molar-refractivity contribution in [1.82, 2.24) is 5.01 Å². The lowest BCUT2D eigenvalue weighted by Gasteiger charge is -2.15. The molecular formula is C6H11ClN2O. The van der Waals surface area contributed by atoms with E-state index in [1.165, 1.54) is 0 Å². The summed E-state index contributed by atoms with van der Waals surface area (Å²) >= 11 is 5.53. The molecule has 0 N–H and O–H groups in total. The Labute approximate surface area is 65.3 Å². The lowest BCUT2D eigenvalue weighted by Crippen LogP contribution is -2.23. The van der Waals surface area contributed by atoms with Crippen LogP contribution in [0.4, 0.5) is 0 Å². The smallest absolute Gasteiger partial charge is 0.0526 e. The molecular weight excluding hydrogens is 152 g/mol. The van der Waals surface area contributed by atoms with Crippen molar-refractivity contribution in [2.24, 2.45) is 5.29 Å². The first-order valence-electron chi connectivity index (χ1n) is 3.54. The summed E-state index contributed by atoms with van der Waals surface area (Å²) in [5.74, 6) is 0.622. The van der Waals surface area contributed by atoms with Crippen molar-refractivity contribution < 1.29 is 0 Å². The fourth-order valence-corrected chi connectivity index (χ4v) is 1.60.